The third-order valence-electron chi connectivity index (χ3n) is 3.85. The maximum Gasteiger partial charge on any atom is 0.252 e. The van der Waals surface area contributed by atoms with Gasteiger partial charge in [-0.05, 0) is 31.4 Å². The smallest absolute Gasteiger partial charge is 0.252 e. The van der Waals surface area contributed by atoms with Gasteiger partial charge in [0.25, 0.3) is 5.91 Å². The molecule has 3 heterocycles. The summed E-state index contributed by atoms with van der Waals surface area (Å²) in [5.41, 5.74) is 1.75. The molecule has 0 aliphatic rings. The Morgan fingerprint density at radius 1 is 1.36 bits per heavy atom. The van der Waals surface area contributed by atoms with Gasteiger partial charge in [0, 0.05) is 6.04 Å². The number of rotatable bonds is 6. The molecule has 3 N–H and O–H groups in total. The molecule has 0 aliphatic heterocycles. The highest BCUT2D eigenvalue weighted by atomic mass is 32.1. The first-order valence-electron chi connectivity index (χ1n) is 7.99. The van der Waals surface area contributed by atoms with E-state index in [4.69, 9.17) is 4.98 Å². The maximum atomic E-state index is 12.7. The zero-order chi connectivity index (χ0) is 18.0. The summed E-state index contributed by atoms with van der Waals surface area (Å²) in [6, 6.07) is 4.99. The number of fused-ring (bicyclic) bond motifs is 1. The quantitative estimate of drug-likeness (QED) is 0.623. The SMILES string of the molecule is CC(C)n1ncc2c(C(=O)NC(CO)CO)cc(-c3cccs3)nc21. The molecule has 0 aliphatic carbocycles. The summed E-state index contributed by atoms with van der Waals surface area (Å²) in [5, 5.41) is 28.0. The average molecular weight is 360 g/mol. The minimum absolute atomic E-state index is 0.0992. The number of hydrogen-bond acceptors (Lipinski definition) is 6. The number of pyridine rings is 1. The maximum absolute atomic E-state index is 12.7. The summed E-state index contributed by atoms with van der Waals surface area (Å²) in [4.78, 5) is 18.3. The van der Waals surface area contributed by atoms with E-state index in [1.165, 1.54) is 0 Å². The summed E-state index contributed by atoms with van der Waals surface area (Å²) in [7, 11) is 0. The van der Waals surface area contributed by atoms with Gasteiger partial charge in [-0.1, -0.05) is 6.07 Å². The first-order valence-corrected chi connectivity index (χ1v) is 8.87. The van der Waals surface area contributed by atoms with Gasteiger partial charge in [-0.25, -0.2) is 9.67 Å². The van der Waals surface area contributed by atoms with Crippen LogP contribution in [0.15, 0.2) is 29.8 Å². The molecule has 1 amide bonds. The number of nitrogens with one attached hydrogen (secondary N) is 1. The average Bonchev–Trinajstić information content (AvgIpc) is 3.27. The molecule has 7 nitrogen and oxygen atoms in total. The van der Waals surface area contributed by atoms with Crippen molar-refractivity contribution in [2.24, 2.45) is 0 Å². The highest BCUT2D eigenvalue weighted by molar-refractivity contribution is 7.13. The van der Waals surface area contributed by atoms with Crippen LogP contribution in [-0.2, 0) is 0 Å². The van der Waals surface area contributed by atoms with Crippen LogP contribution in [-0.4, -0.2) is 50.1 Å². The lowest BCUT2D eigenvalue weighted by molar-refractivity contribution is 0.0881. The van der Waals surface area contributed by atoms with Crippen LogP contribution in [0.25, 0.3) is 21.6 Å². The van der Waals surface area contributed by atoms with E-state index in [0.717, 1.165) is 4.88 Å². The minimum atomic E-state index is -0.707. The van der Waals surface area contributed by atoms with Gasteiger partial charge >= 0.3 is 0 Å². The van der Waals surface area contributed by atoms with Gasteiger partial charge in [0.2, 0.25) is 0 Å². The van der Waals surface area contributed by atoms with Crippen LogP contribution >= 0.6 is 11.3 Å². The number of thiophene rings is 1. The Bertz CT molecular complexity index is 870. The monoisotopic (exact) mass is 360 g/mol. The summed E-state index contributed by atoms with van der Waals surface area (Å²) in [5.74, 6) is -0.374. The van der Waals surface area contributed by atoms with Crippen LogP contribution in [0.2, 0.25) is 0 Å². The lowest BCUT2D eigenvalue weighted by atomic mass is 10.1. The molecule has 0 aromatic carbocycles. The Kier molecular flexibility index (Phi) is 5.12. The van der Waals surface area contributed by atoms with E-state index >= 15 is 0 Å². The molecule has 0 saturated carbocycles. The molecule has 0 bridgehead atoms. The van der Waals surface area contributed by atoms with Crippen LogP contribution in [0.3, 0.4) is 0 Å². The van der Waals surface area contributed by atoms with Gasteiger partial charge in [0.15, 0.2) is 5.65 Å². The van der Waals surface area contributed by atoms with Crippen LogP contribution < -0.4 is 5.32 Å². The van der Waals surface area contributed by atoms with Crippen molar-refractivity contribution in [1.29, 1.82) is 0 Å². The second-order valence-electron chi connectivity index (χ2n) is 5.99. The normalized spacial score (nSPS) is 11.6. The Morgan fingerprint density at radius 2 is 2.12 bits per heavy atom. The third-order valence-corrected chi connectivity index (χ3v) is 4.74. The number of carbonyl (C=O) groups excluding carboxylic acids is 1. The Labute approximate surface area is 148 Å². The highest BCUT2D eigenvalue weighted by Gasteiger charge is 2.20. The van der Waals surface area contributed by atoms with Gasteiger partial charge in [-0.3, -0.25) is 4.79 Å². The number of nitrogens with zero attached hydrogens (tertiary/aromatic N) is 3. The molecule has 0 saturated heterocycles. The molecule has 0 spiro atoms. The van der Waals surface area contributed by atoms with E-state index in [1.54, 1.807) is 28.3 Å². The predicted octanol–water partition coefficient (Wildman–Crippen LogP) is 1.82. The number of carbonyl (C=O) groups is 1. The van der Waals surface area contributed by atoms with Gasteiger partial charge < -0.3 is 15.5 Å². The minimum Gasteiger partial charge on any atom is -0.394 e. The molecule has 3 aromatic heterocycles. The summed E-state index contributed by atoms with van der Waals surface area (Å²) in [6.07, 6.45) is 1.63. The van der Waals surface area contributed by atoms with Crippen molar-refractivity contribution < 1.29 is 15.0 Å². The largest absolute Gasteiger partial charge is 0.394 e. The summed E-state index contributed by atoms with van der Waals surface area (Å²) < 4.78 is 1.78. The second kappa shape index (κ2) is 7.30. The topological polar surface area (TPSA) is 100 Å². The van der Waals surface area contributed by atoms with E-state index < -0.39 is 6.04 Å². The fourth-order valence-corrected chi connectivity index (χ4v) is 3.23. The molecular weight excluding hydrogens is 340 g/mol. The molecule has 3 rings (SSSR count). The molecule has 25 heavy (non-hydrogen) atoms. The lowest BCUT2D eigenvalue weighted by Gasteiger charge is -2.14. The fourth-order valence-electron chi connectivity index (χ4n) is 2.55. The summed E-state index contributed by atoms with van der Waals surface area (Å²) in [6.45, 7) is 3.33. The number of aromatic nitrogens is 3. The van der Waals surface area contributed by atoms with Crippen LogP contribution in [0.5, 0.6) is 0 Å². The van der Waals surface area contributed by atoms with Crippen LogP contribution in [0.1, 0.15) is 30.2 Å². The number of hydrogen-bond donors (Lipinski definition) is 3. The van der Waals surface area contributed by atoms with Crippen molar-refractivity contribution in [1.82, 2.24) is 20.1 Å². The van der Waals surface area contributed by atoms with Crippen LogP contribution in [0, 0.1) is 0 Å². The first-order chi connectivity index (χ1) is 12.0. The van der Waals surface area contributed by atoms with Crippen molar-refractivity contribution in [3.63, 3.8) is 0 Å². The van der Waals surface area contributed by atoms with Crippen molar-refractivity contribution in [3.05, 3.63) is 35.3 Å². The summed E-state index contributed by atoms with van der Waals surface area (Å²) >= 11 is 1.54. The first kappa shape index (κ1) is 17.5. The van der Waals surface area contributed by atoms with Gasteiger partial charge in [0.1, 0.15) is 0 Å². The number of aliphatic hydroxyl groups is 2. The molecule has 132 valence electrons. The molecule has 0 unspecified atom stereocenters. The molecule has 0 atom stereocenters. The highest BCUT2D eigenvalue weighted by Crippen LogP contribution is 2.28. The van der Waals surface area contributed by atoms with E-state index in [1.807, 2.05) is 31.4 Å². The van der Waals surface area contributed by atoms with E-state index in [9.17, 15) is 15.0 Å². The predicted molar refractivity (Wildman–Crippen MR) is 96.7 cm³/mol. The zero-order valence-electron chi connectivity index (χ0n) is 14.0. The van der Waals surface area contributed by atoms with Crippen LogP contribution in [0.4, 0.5) is 0 Å². The molecule has 0 radical (unpaired) electrons. The fraction of sp³-hybridized carbons (Fsp3) is 0.353. The van der Waals surface area contributed by atoms with Gasteiger partial charge in [-0.2, -0.15) is 5.10 Å². The zero-order valence-corrected chi connectivity index (χ0v) is 14.8. The van der Waals surface area contributed by atoms with Crippen molar-refractivity contribution >= 4 is 28.3 Å². The van der Waals surface area contributed by atoms with E-state index in [0.29, 0.717) is 22.3 Å². The van der Waals surface area contributed by atoms with Crippen molar-refractivity contribution in [3.8, 4) is 10.6 Å². The number of aliphatic hydroxyl groups excluding tert-OH is 2. The molecular formula is C17H20N4O3S. The van der Waals surface area contributed by atoms with Gasteiger partial charge in [-0.15, -0.1) is 11.3 Å². The lowest BCUT2D eigenvalue weighted by Crippen LogP contribution is -2.40. The Hall–Kier alpha value is -2.29. The Balaban J connectivity index is 2.14. The van der Waals surface area contributed by atoms with Crippen molar-refractivity contribution in [2.45, 2.75) is 25.9 Å². The third kappa shape index (κ3) is 3.41. The molecule has 3 aromatic rings. The van der Waals surface area contributed by atoms with E-state index in [-0.39, 0.29) is 25.2 Å². The van der Waals surface area contributed by atoms with Gasteiger partial charge in [0.05, 0.1) is 47.0 Å². The van der Waals surface area contributed by atoms with E-state index in [2.05, 4.69) is 10.4 Å². The number of amides is 1. The second-order valence-corrected chi connectivity index (χ2v) is 6.94. The van der Waals surface area contributed by atoms with Crippen molar-refractivity contribution in [2.75, 3.05) is 13.2 Å². The Morgan fingerprint density at radius 3 is 2.72 bits per heavy atom. The molecule has 0 fully saturated rings. The standard InChI is InChI=1S/C17H20N4O3S/c1-10(2)21-16-13(7-18-21)12(17(24)19-11(8-22)9-23)6-14(20-16)15-4-3-5-25-15/h3-7,10-11,22-23H,8-9H2,1-2H3,(H,19,24). The molecule has 8 heteroatoms.